The highest BCUT2D eigenvalue weighted by molar-refractivity contribution is 5.96. The number of para-hydroxylation sites is 1. The molecule has 0 unspecified atom stereocenters. The summed E-state index contributed by atoms with van der Waals surface area (Å²) in [4.78, 5) is 24.3. The number of carbonyl (C=O) groups is 1. The van der Waals surface area contributed by atoms with Gasteiger partial charge < -0.3 is 14.5 Å². The van der Waals surface area contributed by atoms with Gasteiger partial charge in [0, 0.05) is 22.7 Å². The van der Waals surface area contributed by atoms with Crippen LogP contribution in [0.3, 0.4) is 0 Å². The van der Waals surface area contributed by atoms with Crippen LogP contribution in [0.25, 0.3) is 22.1 Å². The normalized spacial score (nSPS) is 10.7. The zero-order valence-electron chi connectivity index (χ0n) is 15.8. The van der Waals surface area contributed by atoms with Gasteiger partial charge in [0.05, 0.1) is 0 Å². The van der Waals surface area contributed by atoms with E-state index in [0.29, 0.717) is 22.6 Å². The van der Waals surface area contributed by atoms with Crippen molar-refractivity contribution in [1.82, 2.24) is 0 Å². The Hall–Kier alpha value is -3.86. The van der Waals surface area contributed by atoms with Gasteiger partial charge in [-0.05, 0) is 42.3 Å². The number of carbonyl (C=O) groups excluding carboxylic acids is 1. The average molecular weight is 385 g/mol. The van der Waals surface area contributed by atoms with Gasteiger partial charge in [0.15, 0.2) is 6.61 Å². The summed E-state index contributed by atoms with van der Waals surface area (Å²) < 4.78 is 11.2. The van der Waals surface area contributed by atoms with Gasteiger partial charge in [-0.2, -0.15) is 0 Å². The summed E-state index contributed by atoms with van der Waals surface area (Å²) in [7, 11) is 0. The molecule has 5 nitrogen and oxygen atoms in total. The molecule has 1 aromatic heterocycles. The molecule has 4 rings (SSSR count). The minimum Gasteiger partial charge on any atom is -0.483 e. The Morgan fingerprint density at radius 3 is 2.38 bits per heavy atom. The molecule has 0 aliphatic heterocycles. The first-order valence-electron chi connectivity index (χ1n) is 9.22. The summed E-state index contributed by atoms with van der Waals surface area (Å²) in [5.74, 6) is 0.226. The monoisotopic (exact) mass is 385 g/mol. The number of amides is 1. The molecule has 1 heterocycles. The van der Waals surface area contributed by atoms with Crippen molar-refractivity contribution in [3.8, 4) is 16.9 Å². The maximum absolute atomic E-state index is 12.1. The Morgan fingerprint density at radius 1 is 0.966 bits per heavy atom. The molecule has 3 aromatic carbocycles. The molecule has 0 bridgehead atoms. The van der Waals surface area contributed by atoms with Gasteiger partial charge in [-0.25, -0.2) is 4.79 Å². The van der Waals surface area contributed by atoms with E-state index in [1.165, 1.54) is 6.07 Å². The van der Waals surface area contributed by atoms with Crippen LogP contribution in [0, 0.1) is 6.92 Å². The molecular weight excluding hydrogens is 366 g/mol. The molecule has 0 aliphatic carbocycles. The van der Waals surface area contributed by atoms with Gasteiger partial charge in [0.2, 0.25) is 0 Å². The topological polar surface area (TPSA) is 68.5 Å². The fourth-order valence-electron chi connectivity index (χ4n) is 3.22. The predicted molar refractivity (Wildman–Crippen MR) is 113 cm³/mol. The highest BCUT2D eigenvalue weighted by Crippen LogP contribution is 2.33. The van der Waals surface area contributed by atoms with Crippen molar-refractivity contribution in [2.75, 3.05) is 11.9 Å². The van der Waals surface area contributed by atoms with Crippen molar-refractivity contribution in [1.29, 1.82) is 0 Å². The first kappa shape index (κ1) is 18.5. The Balaban J connectivity index is 1.61. The molecule has 1 amide bonds. The smallest absolute Gasteiger partial charge is 0.336 e. The predicted octanol–water partition coefficient (Wildman–Crippen LogP) is 4.79. The third-order valence-corrected chi connectivity index (χ3v) is 4.61. The van der Waals surface area contributed by atoms with E-state index in [-0.39, 0.29) is 12.5 Å². The van der Waals surface area contributed by atoms with E-state index in [0.717, 1.165) is 16.5 Å². The van der Waals surface area contributed by atoms with E-state index in [9.17, 15) is 9.59 Å². The van der Waals surface area contributed by atoms with Crippen molar-refractivity contribution < 1.29 is 13.9 Å². The molecule has 0 fully saturated rings. The Bertz CT molecular complexity index is 1210. The van der Waals surface area contributed by atoms with Crippen LogP contribution in [-0.2, 0) is 4.79 Å². The second kappa shape index (κ2) is 8.02. The Morgan fingerprint density at radius 2 is 1.66 bits per heavy atom. The first-order valence-corrected chi connectivity index (χ1v) is 9.22. The molecule has 4 aromatic rings. The van der Waals surface area contributed by atoms with Gasteiger partial charge in [0.1, 0.15) is 11.3 Å². The second-order valence-corrected chi connectivity index (χ2v) is 6.61. The van der Waals surface area contributed by atoms with Crippen LogP contribution in [0.1, 0.15) is 5.56 Å². The lowest BCUT2D eigenvalue weighted by Gasteiger charge is -2.12. The summed E-state index contributed by atoms with van der Waals surface area (Å²) in [5, 5.41) is 3.59. The van der Waals surface area contributed by atoms with E-state index in [1.54, 1.807) is 18.2 Å². The van der Waals surface area contributed by atoms with Gasteiger partial charge in [-0.1, -0.05) is 48.5 Å². The second-order valence-electron chi connectivity index (χ2n) is 6.61. The lowest BCUT2D eigenvalue weighted by molar-refractivity contribution is -0.118. The van der Waals surface area contributed by atoms with E-state index in [2.05, 4.69) is 5.32 Å². The van der Waals surface area contributed by atoms with Gasteiger partial charge in [0.25, 0.3) is 5.91 Å². The fraction of sp³-hybridized carbons (Fsp3) is 0.0833. The molecule has 144 valence electrons. The summed E-state index contributed by atoms with van der Waals surface area (Å²) >= 11 is 0. The summed E-state index contributed by atoms with van der Waals surface area (Å²) in [6.07, 6.45) is 0. The maximum Gasteiger partial charge on any atom is 0.336 e. The van der Waals surface area contributed by atoms with Crippen LogP contribution < -0.4 is 15.7 Å². The Labute approximate surface area is 167 Å². The van der Waals surface area contributed by atoms with E-state index >= 15 is 0 Å². The highest BCUT2D eigenvalue weighted by atomic mass is 16.5. The van der Waals surface area contributed by atoms with E-state index in [4.69, 9.17) is 9.15 Å². The number of rotatable bonds is 5. The number of hydrogen-bond acceptors (Lipinski definition) is 4. The van der Waals surface area contributed by atoms with Crippen LogP contribution in [0.4, 0.5) is 5.69 Å². The number of hydrogen-bond donors (Lipinski definition) is 1. The minimum atomic E-state index is -0.432. The lowest BCUT2D eigenvalue weighted by atomic mass is 10.0. The average Bonchev–Trinajstić information content (AvgIpc) is 2.74. The van der Waals surface area contributed by atoms with Crippen molar-refractivity contribution in [3.05, 3.63) is 94.8 Å². The van der Waals surface area contributed by atoms with Crippen molar-refractivity contribution in [3.63, 3.8) is 0 Å². The lowest BCUT2D eigenvalue weighted by Crippen LogP contribution is -2.20. The summed E-state index contributed by atoms with van der Waals surface area (Å²) in [6.45, 7) is 1.66. The van der Waals surface area contributed by atoms with Crippen LogP contribution >= 0.6 is 0 Å². The third-order valence-electron chi connectivity index (χ3n) is 4.61. The van der Waals surface area contributed by atoms with Crippen molar-refractivity contribution >= 4 is 22.6 Å². The van der Waals surface area contributed by atoms with Crippen LogP contribution in [-0.4, -0.2) is 12.5 Å². The largest absolute Gasteiger partial charge is 0.483 e. The molecule has 29 heavy (non-hydrogen) atoms. The number of fused-ring (bicyclic) bond motifs is 1. The van der Waals surface area contributed by atoms with Crippen molar-refractivity contribution in [2.45, 2.75) is 6.92 Å². The zero-order chi connectivity index (χ0) is 20.2. The fourth-order valence-corrected chi connectivity index (χ4v) is 3.22. The molecule has 0 aliphatic rings. The SMILES string of the molecule is Cc1c(OCC(=O)Nc2ccccc2)ccc2c(-c3ccccc3)cc(=O)oc12. The molecular formula is C24H19NO4. The first-order chi connectivity index (χ1) is 14.1. The van der Waals surface area contributed by atoms with E-state index < -0.39 is 5.63 Å². The Kier molecular flexibility index (Phi) is 5.12. The number of benzene rings is 3. The molecule has 1 N–H and O–H groups in total. The van der Waals surface area contributed by atoms with Gasteiger partial charge in [-0.15, -0.1) is 0 Å². The van der Waals surface area contributed by atoms with Crippen molar-refractivity contribution in [2.24, 2.45) is 0 Å². The zero-order valence-corrected chi connectivity index (χ0v) is 15.8. The number of ether oxygens (including phenoxy) is 1. The summed E-state index contributed by atoms with van der Waals surface area (Å²) in [6, 6.07) is 24.0. The third kappa shape index (κ3) is 4.04. The molecule has 0 radical (unpaired) electrons. The number of anilines is 1. The maximum atomic E-state index is 12.1. The van der Waals surface area contributed by atoms with E-state index in [1.807, 2.05) is 61.5 Å². The molecule has 0 spiro atoms. The quantitative estimate of drug-likeness (QED) is 0.502. The summed E-state index contributed by atoms with van der Waals surface area (Å²) in [5.41, 5.74) is 3.13. The van der Waals surface area contributed by atoms with Crippen LogP contribution in [0.15, 0.2) is 88.1 Å². The molecule has 0 saturated carbocycles. The molecule has 0 saturated heterocycles. The van der Waals surface area contributed by atoms with Gasteiger partial charge in [-0.3, -0.25) is 4.79 Å². The number of aryl methyl sites for hydroxylation is 1. The van der Waals surface area contributed by atoms with Crippen LogP contribution in [0.5, 0.6) is 5.75 Å². The molecule has 0 atom stereocenters. The van der Waals surface area contributed by atoms with Crippen LogP contribution in [0.2, 0.25) is 0 Å². The number of nitrogens with one attached hydrogen (secondary N) is 1. The molecule has 5 heteroatoms. The standard InChI is InChI=1S/C24H19NO4/c1-16-21(28-15-22(26)25-18-10-6-3-7-11-18)13-12-19-20(14-23(27)29-24(16)19)17-8-4-2-5-9-17/h2-14H,15H2,1H3,(H,25,26). The highest BCUT2D eigenvalue weighted by Gasteiger charge is 2.14. The minimum absolute atomic E-state index is 0.149. The van der Waals surface area contributed by atoms with Gasteiger partial charge >= 0.3 is 5.63 Å².